The van der Waals surface area contributed by atoms with Crippen molar-refractivity contribution in [2.75, 3.05) is 13.7 Å². The third-order valence-corrected chi connectivity index (χ3v) is 13.8. The van der Waals surface area contributed by atoms with E-state index in [1.165, 1.54) is 4.90 Å². The van der Waals surface area contributed by atoms with Gasteiger partial charge in [-0.3, -0.25) is 19.1 Å². The number of amides is 4. The Balaban J connectivity index is 1.21. The number of carbonyl (C=O) groups excluding carboxylic acids is 4. The molecular weight excluding hydrogens is 775 g/mol. The van der Waals surface area contributed by atoms with Crippen molar-refractivity contribution in [3.8, 4) is 22.8 Å². The van der Waals surface area contributed by atoms with Gasteiger partial charge in [-0.2, -0.15) is 0 Å². The van der Waals surface area contributed by atoms with Crippen LogP contribution in [0.2, 0.25) is 0 Å². The summed E-state index contributed by atoms with van der Waals surface area (Å²) in [7, 11) is -2.30. The van der Waals surface area contributed by atoms with E-state index in [1.807, 2.05) is 61.5 Å². The fourth-order valence-corrected chi connectivity index (χ4v) is 10.00. The van der Waals surface area contributed by atoms with Crippen LogP contribution in [0.1, 0.15) is 98.3 Å². The molecule has 2 heterocycles. The Kier molecular flexibility index (Phi) is 12.1. The molecule has 1 aliphatic heterocycles. The number of nitrogens with zero attached hydrogens (tertiary/aromatic N) is 2. The molecule has 0 radical (unpaired) electrons. The van der Waals surface area contributed by atoms with Crippen LogP contribution in [0.3, 0.4) is 0 Å². The van der Waals surface area contributed by atoms with Crippen LogP contribution in [-0.4, -0.2) is 90.3 Å². The molecule has 4 amide bonds. The molecule has 0 spiro atoms. The summed E-state index contributed by atoms with van der Waals surface area (Å²) in [4.78, 5) is 62.8. The van der Waals surface area contributed by atoms with Gasteiger partial charge in [-0.15, -0.1) is 0 Å². The molecule has 1 aromatic heterocycles. The highest BCUT2D eigenvalue weighted by molar-refractivity contribution is 7.91. The van der Waals surface area contributed by atoms with Crippen LogP contribution in [0.15, 0.2) is 54.6 Å². The standard InChI is InChI=1S/C44H57N5O9S/c1-6-29-25-44(29,41(52)48-59(54,55)32-18-19-32)47-39(50)37-23-31(26-49(37)40(51)36(21-27-13-9-7-10-14-27)46-42(53)58-43(2,3)4)57-38-24-34(28-15-11-8-12-16-28)45-35-22-30(56-5)17-20-33(35)38/h8,11-12,15-17,20,22,24,27,29,31-32,36-37H,6-7,9-10,13-14,18-19,21,23,25-26H2,1-5H3,(H,46,53)(H,47,50)(H,48,52). The first-order chi connectivity index (χ1) is 28.1. The highest BCUT2D eigenvalue weighted by Crippen LogP contribution is 2.47. The molecule has 5 atom stereocenters. The van der Waals surface area contributed by atoms with E-state index >= 15 is 0 Å². The lowest BCUT2D eigenvalue weighted by atomic mass is 9.84. The maximum absolute atomic E-state index is 14.9. The fraction of sp³-hybridized carbons (Fsp3) is 0.568. The van der Waals surface area contributed by atoms with Crippen molar-refractivity contribution in [3.63, 3.8) is 0 Å². The summed E-state index contributed by atoms with van der Waals surface area (Å²) in [6.45, 7) is 7.13. The molecule has 15 heteroatoms. The van der Waals surface area contributed by atoms with E-state index in [-0.39, 0.29) is 31.2 Å². The quantitative estimate of drug-likeness (QED) is 0.174. The second-order valence-corrected chi connectivity index (χ2v) is 19.6. The zero-order valence-electron chi connectivity index (χ0n) is 34.6. The summed E-state index contributed by atoms with van der Waals surface area (Å²) in [6.07, 6.45) is 5.76. The number of nitrogens with one attached hydrogen (secondary N) is 3. The summed E-state index contributed by atoms with van der Waals surface area (Å²) in [6, 6.07) is 14.9. The molecule has 3 N–H and O–H groups in total. The summed E-state index contributed by atoms with van der Waals surface area (Å²) in [5, 5.41) is 5.85. The van der Waals surface area contributed by atoms with Gasteiger partial charge in [0.05, 0.1) is 30.1 Å². The van der Waals surface area contributed by atoms with Crippen LogP contribution in [0.25, 0.3) is 22.2 Å². The topological polar surface area (TPSA) is 182 Å². The number of fused-ring (bicyclic) bond motifs is 1. The smallest absolute Gasteiger partial charge is 0.408 e. The van der Waals surface area contributed by atoms with Gasteiger partial charge >= 0.3 is 6.09 Å². The van der Waals surface area contributed by atoms with Crippen LogP contribution >= 0.6 is 0 Å². The van der Waals surface area contributed by atoms with Gasteiger partial charge in [0.25, 0.3) is 5.91 Å². The molecule has 318 valence electrons. The molecular formula is C44H57N5O9S. The van der Waals surface area contributed by atoms with Gasteiger partial charge in [0.15, 0.2) is 0 Å². The van der Waals surface area contributed by atoms with E-state index in [1.54, 1.807) is 27.9 Å². The van der Waals surface area contributed by atoms with Gasteiger partial charge in [-0.1, -0.05) is 75.8 Å². The third kappa shape index (κ3) is 9.77. The number of hydrogen-bond acceptors (Lipinski definition) is 10. The average Bonchev–Trinajstić information content (AvgIpc) is 4.14. The largest absolute Gasteiger partial charge is 0.497 e. The van der Waals surface area contributed by atoms with Crippen LogP contribution in [0.4, 0.5) is 4.79 Å². The highest BCUT2D eigenvalue weighted by atomic mass is 32.2. The molecule has 3 saturated carbocycles. The lowest BCUT2D eigenvalue weighted by Gasteiger charge is -2.32. The number of alkyl carbamates (subject to hydrolysis) is 1. The highest BCUT2D eigenvalue weighted by Gasteiger charge is 2.62. The van der Waals surface area contributed by atoms with Gasteiger partial charge in [-0.05, 0) is 70.4 Å². The molecule has 1 saturated heterocycles. The van der Waals surface area contributed by atoms with E-state index in [0.29, 0.717) is 53.8 Å². The second-order valence-electron chi connectivity index (χ2n) is 17.6. The zero-order chi connectivity index (χ0) is 42.1. The number of methoxy groups -OCH3 is 1. The Morgan fingerprint density at radius 2 is 1.71 bits per heavy atom. The second kappa shape index (κ2) is 17.0. The van der Waals surface area contributed by atoms with E-state index in [9.17, 15) is 27.6 Å². The number of likely N-dealkylation sites (tertiary alicyclic amines) is 1. The van der Waals surface area contributed by atoms with Crippen LogP contribution < -0.4 is 24.8 Å². The summed E-state index contributed by atoms with van der Waals surface area (Å²) in [5.41, 5.74) is -0.103. The third-order valence-electron chi connectivity index (χ3n) is 12.0. The van der Waals surface area contributed by atoms with E-state index in [0.717, 1.165) is 37.7 Å². The van der Waals surface area contributed by atoms with Gasteiger partial charge in [0, 0.05) is 29.5 Å². The lowest BCUT2D eigenvalue weighted by Crippen LogP contribution is -2.58. The van der Waals surface area contributed by atoms with Crippen LogP contribution in [0, 0.1) is 11.8 Å². The van der Waals surface area contributed by atoms with Crippen molar-refractivity contribution in [2.24, 2.45) is 11.8 Å². The molecule has 2 aromatic carbocycles. The molecule has 7 rings (SSSR count). The number of benzene rings is 2. The number of carbonyl (C=O) groups is 4. The van der Waals surface area contributed by atoms with Crippen molar-refractivity contribution in [1.29, 1.82) is 0 Å². The zero-order valence-corrected chi connectivity index (χ0v) is 35.4. The average molecular weight is 832 g/mol. The van der Waals surface area contributed by atoms with Crippen molar-refractivity contribution in [3.05, 3.63) is 54.6 Å². The molecule has 14 nitrogen and oxygen atoms in total. The van der Waals surface area contributed by atoms with Gasteiger partial charge in [0.1, 0.15) is 40.8 Å². The van der Waals surface area contributed by atoms with Crippen molar-refractivity contribution < 1.29 is 41.8 Å². The fourth-order valence-electron chi connectivity index (χ4n) is 8.64. The van der Waals surface area contributed by atoms with Gasteiger partial charge < -0.3 is 29.7 Å². The molecule has 0 bridgehead atoms. The predicted molar refractivity (Wildman–Crippen MR) is 222 cm³/mol. The Bertz CT molecular complexity index is 2170. The van der Waals surface area contributed by atoms with Gasteiger partial charge in [0.2, 0.25) is 21.8 Å². The minimum atomic E-state index is -3.88. The van der Waals surface area contributed by atoms with Crippen molar-refractivity contribution >= 4 is 44.7 Å². The number of rotatable bonds is 14. The number of ether oxygens (including phenoxy) is 3. The minimum absolute atomic E-state index is 0.00118. The van der Waals surface area contributed by atoms with Gasteiger partial charge in [-0.25, -0.2) is 18.2 Å². The summed E-state index contributed by atoms with van der Waals surface area (Å²) in [5.74, 6) is -0.810. The van der Waals surface area contributed by atoms with E-state index in [4.69, 9.17) is 19.2 Å². The molecule has 5 unspecified atom stereocenters. The number of hydrogen-bond donors (Lipinski definition) is 3. The summed E-state index contributed by atoms with van der Waals surface area (Å²) < 4.78 is 45.8. The molecule has 4 aliphatic rings. The number of pyridine rings is 1. The Morgan fingerprint density at radius 3 is 2.36 bits per heavy atom. The normalized spacial score (nSPS) is 23.9. The van der Waals surface area contributed by atoms with E-state index in [2.05, 4.69) is 15.4 Å². The van der Waals surface area contributed by atoms with Crippen molar-refractivity contribution in [2.45, 2.75) is 133 Å². The molecule has 4 fully saturated rings. The monoisotopic (exact) mass is 831 g/mol. The first-order valence-electron chi connectivity index (χ1n) is 21.0. The Morgan fingerprint density at radius 1 is 0.983 bits per heavy atom. The maximum Gasteiger partial charge on any atom is 0.408 e. The summed E-state index contributed by atoms with van der Waals surface area (Å²) >= 11 is 0. The molecule has 3 aliphatic carbocycles. The predicted octanol–water partition coefficient (Wildman–Crippen LogP) is 6.02. The molecule has 59 heavy (non-hydrogen) atoms. The Labute approximate surface area is 346 Å². The SMILES string of the molecule is CCC1CC1(NC(=O)C1CC(Oc2cc(-c3ccccc3)nc3cc(OC)ccc23)CN1C(=O)C(CC1CCCCC1)NC(=O)OC(C)(C)C)C(=O)NS(=O)(=O)C1CC1. The number of aromatic nitrogens is 1. The maximum atomic E-state index is 14.9. The Hall–Kier alpha value is -4.92. The first kappa shape index (κ1) is 42.2. The van der Waals surface area contributed by atoms with Crippen LogP contribution in [0.5, 0.6) is 11.5 Å². The first-order valence-corrected chi connectivity index (χ1v) is 22.5. The molecule has 3 aromatic rings. The minimum Gasteiger partial charge on any atom is -0.497 e. The van der Waals surface area contributed by atoms with Crippen LogP contribution in [-0.2, 0) is 29.1 Å². The van der Waals surface area contributed by atoms with E-state index < -0.39 is 68.4 Å². The van der Waals surface area contributed by atoms with Crippen molar-refractivity contribution in [1.82, 2.24) is 25.2 Å². The lowest BCUT2D eigenvalue weighted by molar-refractivity contribution is -0.141. The number of sulfonamides is 1.